The molecule has 3 N–H and O–H groups in total. The van der Waals surface area contributed by atoms with E-state index in [0.29, 0.717) is 5.56 Å². The average Bonchev–Trinajstić information content (AvgIpc) is 3.59. The highest BCUT2D eigenvalue weighted by Gasteiger charge is 2.44. The van der Waals surface area contributed by atoms with E-state index in [2.05, 4.69) is 5.32 Å². The molecule has 2 aromatic carbocycles. The van der Waals surface area contributed by atoms with Gasteiger partial charge in [-0.1, -0.05) is 48.5 Å². The Balaban J connectivity index is 1.51. The van der Waals surface area contributed by atoms with Crippen molar-refractivity contribution >= 4 is 29.8 Å². The molecule has 0 radical (unpaired) electrons. The zero-order chi connectivity index (χ0) is 37.0. The lowest BCUT2D eigenvalue weighted by molar-refractivity contribution is -0.155. The summed E-state index contributed by atoms with van der Waals surface area (Å²) in [5.74, 6) is -2.07. The third kappa shape index (κ3) is 11.5. The maximum absolute atomic E-state index is 14.1. The summed E-state index contributed by atoms with van der Waals surface area (Å²) < 4.78 is 28.0. The molecule has 1 saturated heterocycles. The lowest BCUT2D eigenvalue weighted by atomic mass is 9.90. The van der Waals surface area contributed by atoms with Crippen LogP contribution in [-0.2, 0) is 44.5 Å². The Hall–Kier alpha value is -4.56. The maximum atomic E-state index is 14.1. The molecule has 2 aromatic rings. The van der Waals surface area contributed by atoms with E-state index in [9.17, 15) is 24.3 Å². The number of nitrogens with zero attached hydrogens (tertiary/aromatic N) is 1. The van der Waals surface area contributed by atoms with Gasteiger partial charge >= 0.3 is 11.9 Å². The number of ether oxygens (including phenoxy) is 5. The summed E-state index contributed by atoms with van der Waals surface area (Å²) in [7, 11) is 1.52. The number of carbonyl (C=O) groups excluding carboxylic acids is 4. The molecule has 0 saturated carbocycles. The van der Waals surface area contributed by atoms with E-state index in [4.69, 9.17) is 28.8 Å². The van der Waals surface area contributed by atoms with Crippen molar-refractivity contribution in [2.24, 2.45) is 0 Å². The van der Waals surface area contributed by atoms with Crippen LogP contribution in [0.2, 0.25) is 0 Å². The fourth-order valence-corrected chi connectivity index (χ4v) is 5.79. The monoisotopic (exact) mass is 708 g/mol. The van der Waals surface area contributed by atoms with Crippen molar-refractivity contribution in [2.45, 2.75) is 82.5 Å². The molecule has 2 aliphatic rings. The molecule has 1 aliphatic heterocycles. The van der Waals surface area contributed by atoms with Crippen molar-refractivity contribution in [3.05, 3.63) is 89.2 Å². The smallest absolute Gasteiger partial charge is 0.339 e. The Morgan fingerprint density at radius 3 is 2.47 bits per heavy atom. The molecule has 0 spiro atoms. The number of hydrogen-bond acceptors (Lipinski definition) is 11. The predicted octanol–water partition coefficient (Wildman–Crippen LogP) is 2.93. The molecular formula is C38H48N2O11. The molecule has 1 aliphatic carbocycles. The van der Waals surface area contributed by atoms with Crippen LogP contribution in [0.15, 0.2) is 72.5 Å². The molecule has 0 aromatic heterocycles. The topological polar surface area (TPSA) is 170 Å². The van der Waals surface area contributed by atoms with Gasteiger partial charge in [0.1, 0.15) is 43.4 Å². The van der Waals surface area contributed by atoms with Crippen molar-refractivity contribution in [1.82, 2.24) is 10.2 Å². The number of nitrogens with one attached hydrogen (secondary N) is 1. The normalized spacial score (nSPS) is 19.7. The Bertz CT molecular complexity index is 1550. The van der Waals surface area contributed by atoms with Gasteiger partial charge in [-0.25, -0.2) is 4.79 Å². The van der Waals surface area contributed by atoms with E-state index < -0.39 is 66.4 Å². The van der Waals surface area contributed by atoms with Crippen LogP contribution in [-0.4, -0.2) is 109 Å². The minimum atomic E-state index is -0.998. The first-order chi connectivity index (χ1) is 24.4. The predicted molar refractivity (Wildman–Crippen MR) is 186 cm³/mol. The first-order valence-electron chi connectivity index (χ1n) is 17.0. The lowest BCUT2D eigenvalue weighted by Gasteiger charge is -2.34. The molecule has 4 rings (SSSR count). The summed E-state index contributed by atoms with van der Waals surface area (Å²) in [6.07, 6.45) is 2.72. The molecular weight excluding hydrogens is 660 g/mol. The highest BCUT2D eigenvalue weighted by molar-refractivity contribution is 5.98. The molecule has 13 nitrogen and oxygen atoms in total. The molecule has 51 heavy (non-hydrogen) atoms. The molecule has 2 amide bonds. The van der Waals surface area contributed by atoms with Gasteiger partial charge in [0.2, 0.25) is 11.8 Å². The summed E-state index contributed by atoms with van der Waals surface area (Å²) in [5, 5.41) is 21.8. The number of fused-ring (bicyclic) bond motifs is 1. The number of likely N-dealkylation sites (N-methyl/N-ethyl adjacent to an activating group) is 1. The molecule has 0 unspecified atom stereocenters. The fraction of sp³-hybridized carbons (Fsp3) is 0.474. The first kappa shape index (κ1) is 39.2. The molecule has 1 heterocycles. The van der Waals surface area contributed by atoms with Crippen molar-refractivity contribution in [3.8, 4) is 0 Å². The summed E-state index contributed by atoms with van der Waals surface area (Å²) in [4.78, 5) is 55.1. The van der Waals surface area contributed by atoms with Gasteiger partial charge in [0.15, 0.2) is 0 Å². The van der Waals surface area contributed by atoms with Crippen LogP contribution in [0, 0.1) is 0 Å². The van der Waals surface area contributed by atoms with Gasteiger partial charge < -0.3 is 44.1 Å². The van der Waals surface area contributed by atoms with Crippen molar-refractivity contribution in [1.29, 1.82) is 0 Å². The van der Waals surface area contributed by atoms with E-state index in [1.807, 2.05) is 30.3 Å². The molecule has 276 valence electrons. The van der Waals surface area contributed by atoms with Crippen LogP contribution >= 0.6 is 0 Å². The minimum absolute atomic E-state index is 0.00584. The molecule has 13 heteroatoms. The van der Waals surface area contributed by atoms with Crippen molar-refractivity contribution in [2.75, 3.05) is 33.7 Å². The Morgan fingerprint density at radius 1 is 1.04 bits per heavy atom. The lowest BCUT2D eigenvalue weighted by Crippen LogP contribution is -2.53. The van der Waals surface area contributed by atoms with Crippen LogP contribution in [0.5, 0.6) is 0 Å². The second kappa shape index (κ2) is 18.6. The third-order valence-corrected chi connectivity index (χ3v) is 8.31. The van der Waals surface area contributed by atoms with E-state index >= 15 is 0 Å². The first-order valence-corrected chi connectivity index (χ1v) is 17.0. The average molecular weight is 709 g/mol. The van der Waals surface area contributed by atoms with Crippen molar-refractivity contribution in [3.63, 3.8) is 0 Å². The van der Waals surface area contributed by atoms with E-state index in [1.54, 1.807) is 57.2 Å². The van der Waals surface area contributed by atoms with Crippen molar-refractivity contribution < 1.29 is 53.1 Å². The number of hydrogen-bond donors (Lipinski definition) is 3. The summed E-state index contributed by atoms with van der Waals surface area (Å²) >= 11 is 0. The highest BCUT2D eigenvalue weighted by Crippen LogP contribution is 2.32. The Labute approximate surface area is 298 Å². The number of rotatable bonds is 16. The number of aliphatic hydroxyl groups is 2. The third-order valence-electron chi connectivity index (χ3n) is 8.31. The van der Waals surface area contributed by atoms with Crippen LogP contribution in [0.25, 0.3) is 6.08 Å². The van der Waals surface area contributed by atoms with Gasteiger partial charge in [0, 0.05) is 31.9 Å². The minimum Gasteiger partial charge on any atom is -0.499 e. The van der Waals surface area contributed by atoms with Gasteiger partial charge in [0.05, 0.1) is 31.1 Å². The van der Waals surface area contributed by atoms with Crippen LogP contribution in [0.1, 0.15) is 61.5 Å². The number of amides is 2. The summed E-state index contributed by atoms with van der Waals surface area (Å²) in [5.41, 5.74) is 1.21. The number of benzene rings is 2. The standard InChI is InChI=1S/C38H48N2O11/c1-38(2,3)51-33(43)15-14-28(23-42)39-35(44)30(20-25-10-6-5-7-11-25)40(4)36(45)27-21-31-34(49-24-48-31)32(22-27)50-37(46)29-13-9-8-12-26(29)16-18-47-19-17-41/h5-13,16,18,21,28,30-32,34,41-42H,14-15,17,19-20,22-24H2,1-4H3,(H,39,44)/t28-,30+,31+,32+,34+/m0/s1. The fourth-order valence-electron chi connectivity index (χ4n) is 5.79. The zero-order valence-corrected chi connectivity index (χ0v) is 29.5. The highest BCUT2D eigenvalue weighted by atomic mass is 16.7. The van der Waals surface area contributed by atoms with Gasteiger partial charge in [0.25, 0.3) is 0 Å². The second-order valence-corrected chi connectivity index (χ2v) is 13.3. The van der Waals surface area contributed by atoms with E-state index in [-0.39, 0.29) is 56.8 Å². The number of carbonyl (C=O) groups is 4. The molecule has 1 fully saturated rings. The number of aliphatic hydroxyl groups excluding tert-OH is 2. The SMILES string of the molecule is CN(C(=O)C1=C[C@H]2OCO[C@H]2[C@H](OC(=O)c2ccccc2C=COCCO)C1)[C@H](Cc1ccccc1)C(=O)N[C@H](CO)CCC(=O)OC(C)(C)C. The summed E-state index contributed by atoms with van der Waals surface area (Å²) in [6.45, 7) is 4.75. The summed E-state index contributed by atoms with van der Waals surface area (Å²) in [6, 6.07) is 14.2. The van der Waals surface area contributed by atoms with Gasteiger partial charge in [-0.05, 0) is 56.5 Å². The van der Waals surface area contributed by atoms with Crippen LogP contribution in [0.4, 0.5) is 0 Å². The van der Waals surface area contributed by atoms with Gasteiger partial charge in [-0.15, -0.1) is 0 Å². The zero-order valence-electron chi connectivity index (χ0n) is 29.5. The maximum Gasteiger partial charge on any atom is 0.339 e. The Kier molecular flexibility index (Phi) is 14.3. The van der Waals surface area contributed by atoms with E-state index in [1.165, 1.54) is 18.2 Å². The quantitative estimate of drug-likeness (QED) is 0.133. The Morgan fingerprint density at radius 2 is 1.76 bits per heavy atom. The van der Waals surface area contributed by atoms with E-state index in [0.717, 1.165) is 5.56 Å². The largest absolute Gasteiger partial charge is 0.499 e. The van der Waals surface area contributed by atoms with Crippen LogP contribution in [0.3, 0.4) is 0 Å². The number of esters is 2. The molecule has 5 atom stereocenters. The molecule has 0 bridgehead atoms. The second-order valence-electron chi connectivity index (χ2n) is 13.3. The van der Waals surface area contributed by atoms with Gasteiger partial charge in [-0.3, -0.25) is 14.4 Å². The van der Waals surface area contributed by atoms with Gasteiger partial charge in [-0.2, -0.15) is 0 Å². The van der Waals surface area contributed by atoms with Crippen LogP contribution < -0.4 is 5.32 Å².